The van der Waals surface area contributed by atoms with Crippen LogP contribution in [0.3, 0.4) is 0 Å². The molecule has 11 heteroatoms. The molecule has 1 aromatic carbocycles. The fraction of sp³-hybridized carbons (Fsp3) is 0.300. The van der Waals surface area contributed by atoms with E-state index in [1.807, 2.05) is 0 Å². The molecule has 31 heavy (non-hydrogen) atoms. The average Bonchev–Trinajstić information content (AvgIpc) is 3.41. The SMILES string of the molecule is O=C(COC(=O)c1csc2c1CCCC2)Nc1cc(C(F)(F)F)ccc1-n1cncn1. The predicted octanol–water partition coefficient (Wildman–Crippen LogP) is 4.02. The van der Waals surface area contributed by atoms with Crippen LogP contribution in [0.4, 0.5) is 18.9 Å². The number of aryl methyl sites for hydroxylation is 1. The van der Waals surface area contributed by atoms with Crippen molar-refractivity contribution in [3.63, 3.8) is 0 Å². The van der Waals surface area contributed by atoms with E-state index in [1.165, 1.54) is 34.7 Å². The number of fused-ring (bicyclic) bond motifs is 1. The van der Waals surface area contributed by atoms with Gasteiger partial charge in [0, 0.05) is 10.3 Å². The van der Waals surface area contributed by atoms with Gasteiger partial charge in [0.1, 0.15) is 12.7 Å². The number of hydrogen-bond donors (Lipinski definition) is 1. The van der Waals surface area contributed by atoms with E-state index >= 15 is 0 Å². The zero-order valence-corrected chi connectivity index (χ0v) is 16.9. The summed E-state index contributed by atoms with van der Waals surface area (Å²) in [6.45, 7) is -0.628. The highest BCUT2D eigenvalue weighted by Crippen LogP contribution is 2.33. The Morgan fingerprint density at radius 2 is 2.03 bits per heavy atom. The normalized spacial score (nSPS) is 13.5. The molecular weight excluding hydrogens is 433 g/mol. The van der Waals surface area contributed by atoms with E-state index in [1.54, 1.807) is 5.38 Å². The van der Waals surface area contributed by atoms with Gasteiger partial charge in [0.25, 0.3) is 5.91 Å². The van der Waals surface area contributed by atoms with Crippen molar-refractivity contribution < 1.29 is 27.5 Å². The molecular formula is C20H17F3N4O3S. The summed E-state index contributed by atoms with van der Waals surface area (Å²) in [4.78, 5) is 29.7. The van der Waals surface area contributed by atoms with Gasteiger partial charge in [0.2, 0.25) is 0 Å². The number of aromatic nitrogens is 3. The number of nitrogens with one attached hydrogen (secondary N) is 1. The fourth-order valence-corrected chi connectivity index (χ4v) is 4.52. The van der Waals surface area contributed by atoms with Gasteiger partial charge in [-0.3, -0.25) is 4.79 Å². The molecule has 1 aliphatic rings. The monoisotopic (exact) mass is 450 g/mol. The molecule has 1 N–H and O–H groups in total. The molecule has 0 radical (unpaired) electrons. The van der Waals surface area contributed by atoms with Crippen molar-refractivity contribution in [2.45, 2.75) is 31.9 Å². The van der Waals surface area contributed by atoms with Crippen LogP contribution >= 0.6 is 11.3 Å². The van der Waals surface area contributed by atoms with Crippen LogP contribution in [0.15, 0.2) is 36.2 Å². The van der Waals surface area contributed by atoms with Crippen LogP contribution in [0.1, 0.15) is 39.2 Å². The number of ether oxygens (including phenoxy) is 1. The van der Waals surface area contributed by atoms with E-state index in [0.29, 0.717) is 5.56 Å². The number of alkyl halides is 3. The summed E-state index contributed by atoms with van der Waals surface area (Å²) in [7, 11) is 0. The molecule has 2 aromatic heterocycles. The molecule has 0 atom stereocenters. The highest BCUT2D eigenvalue weighted by atomic mass is 32.1. The zero-order chi connectivity index (χ0) is 22.0. The fourth-order valence-electron chi connectivity index (χ4n) is 3.41. The number of nitrogens with zero attached hydrogens (tertiary/aromatic N) is 3. The molecule has 1 aliphatic carbocycles. The third-order valence-electron chi connectivity index (χ3n) is 4.88. The van der Waals surface area contributed by atoms with Gasteiger partial charge < -0.3 is 10.1 Å². The van der Waals surface area contributed by atoms with Gasteiger partial charge in [-0.2, -0.15) is 18.3 Å². The number of benzene rings is 1. The summed E-state index contributed by atoms with van der Waals surface area (Å²) >= 11 is 1.50. The second-order valence-corrected chi connectivity index (χ2v) is 7.92. The molecule has 3 aromatic rings. The first kappa shape index (κ1) is 21.0. The molecule has 0 saturated heterocycles. The molecule has 4 rings (SSSR count). The summed E-state index contributed by atoms with van der Waals surface area (Å²) in [5.41, 5.74) is 0.544. The maximum absolute atomic E-state index is 13.1. The molecule has 0 saturated carbocycles. The number of carbonyl (C=O) groups excluding carboxylic acids is 2. The maximum atomic E-state index is 13.1. The first-order chi connectivity index (χ1) is 14.8. The van der Waals surface area contributed by atoms with E-state index in [9.17, 15) is 22.8 Å². The van der Waals surface area contributed by atoms with Crippen LogP contribution in [-0.4, -0.2) is 33.2 Å². The van der Waals surface area contributed by atoms with Gasteiger partial charge in [-0.15, -0.1) is 11.3 Å². The minimum Gasteiger partial charge on any atom is -0.452 e. The Labute approximate surface area is 178 Å². The standard InChI is InChI=1S/C20H17F3N4O3S/c21-20(22,23)12-5-6-16(27-11-24-10-25-27)15(7-12)26-18(28)8-30-19(29)14-9-31-17-4-2-1-3-13(14)17/h5-7,9-11H,1-4,8H2,(H,26,28). The maximum Gasteiger partial charge on any atom is 0.416 e. The third kappa shape index (κ3) is 4.61. The van der Waals surface area contributed by atoms with Gasteiger partial charge in [0.15, 0.2) is 6.61 Å². The zero-order valence-electron chi connectivity index (χ0n) is 16.1. The van der Waals surface area contributed by atoms with Crippen LogP contribution in [-0.2, 0) is 28.5 Å². The molecule has 1 amide bonds. The Morgan fingerprint density at radius 3 is 2.77 bits per heavy atom. The topological polar surface area (TPSA) is 86.1 Å². The second kappa shape index (κ2) is 8.50. The number of anilines is 1. The number of thiophene rings is 1. The number of carbonyl (C=O) groups is 2. The van der Waals surface area contributed by atoms with Crippen molar-refractivity contribution in [3.8, 4) is 5.69 Å². The summed E-state index contributed by atoms with van der Waals surface area (Å²) < 4.78 is 45.7. The smallest absolute Gasteiger partial charge is 0.416 e. The molecule has 0 unspecified atom stereocenters. The van der Waals surface area contributed by atoms with E-state index in [0.717, 1.165) is 48.3 Å². The lowest BCUT2D eigenvalue weighted by molar-refractivity contribution is -0.137. The number of amides is 1. The minimum absolute atomic E-state index is 0.130. The summed E-state index contributed by atoms with van der Waals surface area (Å²) in [5.74, 6) is -1.38. The first-order valence-electron chi connectivity index (χ1n) is 9.45. The van der Waals surface area contributed by atoms with Gasteiger partial charge in [-0.25, -0.2) is 14.5 Å². The van der Waals surface area contributed by atoms with Gasteiger partial charge >= 0.3 is 12.1 Å². The lowest BCUT2D eigenvalue weighted by atomic mass is 9.96. The van der Waals surface area contributed by atoms with Crippen LogP contribution < -0.4 is 5.32 Å². The van der Waals surface area contributed by atoms with E-state index < -0.39 is 30.2 Å². The average molecular weight is 450 g/mol. The minimum atomic E-state index is -4.59. The number of rotatable bonds is 5. The van der Waals surface area contributed by atoms with E-state index in [2.05, 4.69) is 15.4 Å². The molecule has 0 aliphatic heterocycles. The third-order valence-corrected chi connectivity index (χ3v) is 5.97. The van der Waals surface area contributed by atoms with E-state index in [4.69, 9.17) is 4.74 Å². The molecule has 0 spiro atoms. The summed E-state index contributed by atoms with van der Waals surface area (Å²) in [6, 6.07) is 2.86. The Hall–Kier alpha value is -3.21. The quantitative estimate of drug-likeness (QED) is 0.594. The highest BCUT2D eigenvalue weighted by Gasteiger charge is 2.31. The van der Waals surface area contributed by atoms with Crippen LogP contribution in [0.5, 0.6) is 0 Å². The molecule has 2 heterocycles. The van der Waals surface area contributed by atoms with Gasteiger partial charge in [-0.05, 0) is 49.4 Å². The van der Waals surface area contributed by atoms with Crippen molar-refractivity contribution in [3.05, 3.63) is 57.8 Å². The molecule has 0 fully saturated rings. The van der Waals surface area contributed by atoms with Crippen molar-refractivity contribution in [1.82, 2.24) is 14.8 Å². The van der Waals surface area contributed by atoms with E-state index in [-0.39, 0.29) is 11.4 Å². The Kier molecular flexibility index (Phi) is 5.77. The number of halogens is 3. The summed E-state index contributed by atoms with van der Waals surface area (Å²) in [6.07, 6.45) is 1.70. The van der Waals surface area contributed by atoms with Crippen molar-refractivity contribution >= 4 is 28.9 Å². The Bertz CT molecular complexity index is 1110. The Balaban J connectivity index is 1.48. The predicted molar refractivity (Wildman–Crippen MR) is 106 cm³/mol. The van der Waals surface area contributed by atoms with Crippen molar-refractivity contribution in [2.24, 2.45) is 0 Å². The lowest BCUT2D eigenvalue weighted by Crippen LogP contribution is -2.22. The first-order valence-corrected chi connectivity index (χ1v) is 10.3. The van der Waals surface area contributed by atoms with Crippen molar-refractivity contribution in [2.75, 3.05) is 11.9 Å². The number of esters is 1. The molecule has 7 nitrogen and oxygen atoms in total. The van der Waals surface area contributed by atoms with Gasteiger partial charge in [-0.1, -0.05) is 0 Å². The van der Waals surface area contributed by atoms with Gasteiger partial charge in [0.05, 0.1) is 22.5 Å². The lowest BCUT2D eigenvalue weighted by Gasteiger charge is -2.15. The van der Waals surface area contributed by atoms with Crippen LogP contribution in [0.25, 0.3) is 5.69 Å². The van der Waals surface area contributed by atoms with Crippen LogP contribution in [0, 0.1) is 0 Å². The largest absolute Gasteiger partial charge is 0.452 e. The Morgan fingerprint density at radius 1 is 1.23 bits per heavy atom. The number of hydrogen-bond acceptors (Lipinski definition) is 6. The summed E-state index contributed by atoms with van der Waals surface area (Å²) in [5, 5.41) is 7.98. The highest BCUT2D eigenvalue weighted by molar-refractivity contribution is 7.10. The second-order valence-electron chi connectivity index (χ2n) is 6.95. The molecule has 0 bridgehead atoms. The van der Waals surface area contributed by atoms with Crippen LogP contribution in [0.2, 0.25) is 0 Å². The molecule has 162 valence electrons. The van der Waals surface area contributed by atoms with Crippen molar-refractivity contribution in [1.29, 1.82) is 0 Å².